The summed E-state index contributed by atoms with van der Waals surface area (Å²) >= 11 is 0. The van der Waals surface area contributed by atoms with Gasteiger partial charge in [-0.05, 0) is 32.5 Å². The molecule has 0 aliphatic heterocycles. The van der Waals surface area contributed by atoms with Gasteiger partial charge in [-0.15, -0.1) is 0 Å². The second kappa shape index (κ2) is 11.0. The monoisotopic (exact) mass is 306 g/mol. The zero-order valence-corrected chi connectivity index (χ0v) is 14.4. The molecule has 2 N–H and O–H groups in total. The number of aliphatic imine (C=N–C) groups is 1. The minimum Gasteiger partial charge on any atom is -0.383 e. The molecule has 0 fully saturated rings. The van der Waals surface area contributed by atoms with Gasteiger partial charge in [-0.2, -0.15) is 0 Å². The molecule has 1 aromatic carbocycles. The number of hydrogen-bond acceptors (Lipinski definition) is 3. The van der Waals surface area contributed by atoms with Gasteiger partial charge >= 0.3 is 0 Å². The number of likely N-dealkylation sites (N-methyl/N-ethyl adjacent to an activating group) is 1. The first kappa shape index (κ1) is 18.5. The van der Waals surface area contributed by atoms with Crippen LogP contribution in [0.15, 0.2) is 29.3 Å². The predicted octanol–water partition coefficient (Wildman–Crippen LogP) is 1.63. The van der Waals surface area contributed by atoms with E-state index in [1.807, 2.05) is 0 Å². The summed E-state index contributed by atoms with van der Waals surface area (Å²) < 4.78 is 5.07. The van der Waals surface area contributed by atoms with E-state index in [-0.39, 0.29) is 0 Å². The average Bonchev–Trinajstić information content (AvgIpc) is 2.53. The van der Waals surface area contributed by atoms with Gasteiger partial charge in [0.1, 0.15) is 0 Å². The van der Waals surface area contributed by atoms with Crippen LogP contribution in [0.2, 0.25) is 0 Å². The fourth-order valence-corrected chi connectivity index (χ4v) is 2.03. The summed E-state index contributed by atoms with van der Waals surface area (Å²) in [4.78, 5) is 6.52. The lowest BCUT2D eigenvalue weighted by atomic mass is 10.1. The van der Waals surface area contributed by atoms with Gasteiger partial charge in [-0.3, -0.25) is 4.99 Å². The second-order valence-corrected chi connectivity index (χ2v) is 5.49. The highest BCUT2D eigenvalue weighted by atomic mass is 16.5. The second-order valence-electron chi connectivity index (χ2n) is 5.49. The molecule has 0 heterocycles. The molecule has 0 radical (unpaired) electrons. The van der Waals surface area contributed by atoms with E-state index in [0.29, 0.717) is 0 Å². The lowest BCUT2D eigenvalue weighted by Gasteiger charge is -2.17. The Labute approximate surface area is 134 Å². The highest BCUT2D eigenvalue weighted by molar-refractivity contribution is 5.79. The van der Waals surface area contributed by atoms with Crippen LogP contribution in [0, 0.1) is 6.92 Å². The van der Waals surface area contributed by atoms with Crippen LogP contribution >= 0.6 is 0 Å². The molecule has 124 valence electrons. The maximum atomic E-state index is 5.07. The SMILES string of the molecule is CN=C(NCCCN(C)CCOC)NCc1ccc(C)cc1. The molecule has 0 aromatic heterocycles. The number of rotatable bonds is 9. The van der Waals surface area contributed by atoms with Crippen LogP contribution < -0.4 is 10.6 Å². The highest BCUT2D eigenvalue weighted by Crippen LogP contribution is 2.02. The van der Waals surface area contributed by atoms with Gasteiger partial charge in [0.25, 0.3) is 0 Å². The Kier molecular flexibility index (Phi) is 9.26. The molecule has 1 rings (SSSR count). The molecule has 0 saturated heterocycles. The molecule has 0 aliphatic carbocycles. The molecule has 0 amide bonds. The van der Waals surface area contributed by atoms with Crippen molar-refractivity contribution in [2.24, 2.45) is 4.99 Å². The van der Waals surface area contributed by atoms with Crippen molar-refractivity contribution in [1.29, 1.82) is 0 Å². The molecule has 1 aromatic rings. The van der Waals surface area contributed by atoms with Crippen LogP contribution in [0.5, 0.6) is 0 Å². The molecule has 5 heteroatoms. The normalized spacial score (nSPS) is 11.8. The first-order chi connectivity index (χ1) is 10.7. The predicted molar refractivity (Wildman–Crippen MR) is 93.4 cm³/mol. The highest BCUT2D eigenvalue weighted by Gasteiger charge is 2.00. The third-order valence-electron chi connectivity index (χ3n) is 3.49. The quantitative estimate of drug-likeness (QED) is 0.414. The van der Waals surface area contributed by atoms with Crippen LogP contribution in [0.1, 0.15) is 17.5 Å². The summed E-state index contributed by atoms with van der Waals surface area (Å²) in [5, 5.41) is 6.68. The van der Waals surface area contributed by atoms with Crippen molar-refractivity contribution in [2.45, 2.75) is 19.9 Å². The van der Waals surface area contributed by atoms with Crippen molar-refractivity contribution in [3.63, 3.8) is 0 Å². The fraction of sp³-hybridized carbons (Fsp3) is 0.588. The summed E-state index contributed by atoms with van der Waals surface area (Å²) in [5.74, 6) is 0.847. The van der Waals surface area contributed by atoms with Crippen molar-refractivity contribution in [2.75, 3.05) is 47.4 Å². The van der Waals surface area contributed by atoms with Gasteiger partial charge in [0, 0.05) is 33.8 Å². The molecular formula is C17H30N4O. The smallest absolute Gasteiger partial charge is 0.191 e. The first-order valence-corrected chi connectivity index (χ1v) is 7.83. The summed E-state index contributed by atoms with van der Waals surface area (Å²) in [6, 6.07) is 8.53. The number of hydrogen-bond donors (Lipinski definition) is 2. The van der Waals surface area contributed by atoms with Gasteiger partial charge in [0.2, 0.25) is 0 Å². The maximum Gasteiger partial charge on any atom is 0.191 e. The first-order valence-electron chi connectivity index (χ1n) is 7.83. The average molecular weight is 306 g/mol. The van der Waals surface area contributed by atoms with Crippen LogP contribution in [0.25, 0.3) is 0 Å². The van der Waals surface area contributed by atoms with E-state index in [9.17, 15) is 0 Å². The topological polar surface area (TPSA) is 48.9 Å². The van der Waals surface area contributed by atoms with E-state index < -0.39 is 0 Å². The van der Waals surface area contributed by atoms with E-state index in [4.69, 9.17) is 4.74 Å². The molecule has 5 nitrogen and oxygen atoms in total. The Morgan fingerprint density at radius 2 is 1.91 bits per heavy atom. The van der Waals surface area contributed by atoms with Crippen LogP contribution in [-0.2, 0) is 11.3 Å². The number of ether oxygens (including phenoxy) is 1. The summed E-state index contributed by atoms with van der Waals surface area (Å²) in [6.45, 7) is 6.59. The summed E-state index contributed by atoms with van der Waals surface area (Å²) in [7, 11) is 5.65. The molecule has 0 unspecified atom stereocenters. The molecule has 22 heavy (non-hydrogen) atoms. The largest absolute Gasteiger partial charge is 0.383 e. The van der Waals surface area contributed by atoms with Crippen LogP contribution in [0.3, 0.4) is 0 Å². The molecule has 0 bridgehead atoms. The Morgan fingerprint density at radius 3 is 2.55 bits per heavy atom. The minimum atomic E-state index is 0.781. The number of benzene rings is 1. The van der Waals surface area contributed by atoms with Gasteiger partial charge in [-0.1, -0.05) is 29.8 Å². The molecule has 0 atom stereocenters. The van der Waals surface area contributed by atoms with E-state index in [1.165, 1.54) is 11.1 Å². The van der Waals surface area contributed by atoms with Crippen LogP contribution in [0.4, 0.5) is 0 Å². The maximum absolute atomic E-state index is 5.07. The van der Waals surface area contributed by atoms with Gasteiger partial charge in [0.15, 0.2) is 5.96 Å². The number of guanidine groups is 1. The van der Waals surface area contributed by atoms with E-state index in [1.54, 1.807) is 14.2 Å². The van der Waals surface area contributed by atoms with E-state index in [2.05, 4.69) is 58.8 Å². The Morgan fingerprint density at radius 1 is 1.18 bits per heavy atom. The standard InChI is InChI=1S/C17H30N4O/c1-15-6-8-16(9-7-15)14-20-17(18-2)19-10-5-11-21(3)12-13-22-4/h6-9H,5,10-14H2,1-4H3,(H2,18,19,20). The van der Waals surface area contributed by atoms with E-state index >= 15 is 0 Å². The minimum absolute atomic E-state index is 0.781. The number of aryl methyl sites for hydroxylation is 1. The van der Waals surface area contributed by atoms with Gasteiger partial charge in [-0.25, -0.2) is 0 Å². The van der Waals surface area contributed by atoms with Gasteiger partial charge < -0.3 is 20.3 Å². The fourth-order valence-electron chi connectivity index (χ4n) is 2.03. The Bertz CT molecular complexity index is 431. The third-order valence-corrected chi connectivity index (χ3v) is 3.49. The summed E-state index contributed by atoms with van der Waals surface area (Å²) in [6.07, 6.45) is 1.07. The van der Waals surface area contributed by atoms with Gasteiger partial charge in [0.05, 0.1) is 6.61 Å². The Balaban J connectivity index is 2.18. The summed E-state index contributed by atoms with van der Waals surface area (Å²) in [5.41, 5.74) is 2.54. The number of nitrogens with zero attached hydrogens (tertiary/aromatic N) is 2. The van der Waals surface area contributed by atoms with Crippen LogP contribution in [-0.4, -0.2) is 58.3 Å². The van der Waals surface area contributed by atoms with Crippen molar-refractivity contribution < 1.29 is 4.74 Å². The third kappa shape index (κ3) is 8.00. The number of methoxy groups -OCH3 is 1. The molecule has 0 spiro atoms. The van der Waals surface area contributed by atoms with E-state index in [0.717, 1.165) is 45.2 Å². The van der Waals surface area contributed by atoms with Crippen molar-refractivity contribution >= 4 is 5.96 Å². The lowest BCUT2D eigenvalue weighted by molar-refractivity contribution is 0.161. The van der Waals surface area contributed by atoms with Crippen molar-refractivity contribution in [3.8, 4) is 0 Å². The molecule has 0 saturated carbocycles. The zero-order valence-electron chi connectivity index (χ0n) is 14.4. The Hall–Kier alpha value is -1.59. The lowest BCUT2D eigenvalue weighted by Crippen LogP contribution is -2.38. The number of nitrogens with one attached hydrogen (secondary N) is 2. The molecule has 0 aliphatic rings. The van der Waals surface area contributed by atoms with Crippen molar-refractivity contribution in [3.05, 3.63) is 35.4 Å². The van der Waals surface area contributed by atoms with Crippen molar-refractivity contribution in [1.82, 2.24) is 15.5 Å². The zero-order chi connectivity index (χ0) is 16.2. The molecular weight excluding hydrogens is 276 g/mol.